The van der Waals surface area contributed by atoms with Crippen LogP contribution in [-0.4, -0.2) is 5.11 Å². The second-order valence-electron chi connectivity index (χ2n) is 5.53. The van der Waals surface area contributed by atoms with E-state index in [1.165, 1.54) is 16.7 Å². The van der Waals surface area contributed by atoms with Gasteiger partial charge in [-0.25, -0.2) is 0 Å². The second kappa shape index (κ2) is 4.93. The minimum atomic E-state index is -0.0820. The van der Waals surface area contributed by atoms with Crippen LogP contribution in [0.2, 0.25) is 0 Å². The van der Waals surface area contributed by atoms with Crippen LogP contribution in [0.4, 0.5) is 0 Å². The number of aromatic hydroxyl groups is 1. The van der Waals surface area contributed by atoms with Crippen LogP contribution in [0.15, 0.2) is 55.1 Å². The molecule has 0 aromatic heterocycles. The molecule has 0 saturated heterocycles. The summed E-state index contributed by atoms with van der Waals surface area (Å²) in [5.74, 6) is 0.303. The summed E-state index contributed by atoms with van der Waals surface area (Å²) in [5.41, 5.74) is 4.61. The van der Waals surface area contributed by atoms with E-state index in [1.54, 1.807) is 12.1 Å². The lowest BCUT2D eigenvalue weighted by Gasteiger charge is -2.26. The first-order chi connectivity index (χ1) is 8.91. The summed E-state index contributed by atoms with van der Waals surface area (Å²) >= 11 is 0. The van der Waals surface area contributed by atoms with Crippen molar-refractivity contribution in [2.24, 2.45) is 0 Å². The Hall–Kier alpha value is -2.02. The Morgan fingerprint density at radius 3 is 1.74 bits per heavy atom. The molecule has 2 aromatic rings. The average molecular weight is 252 g/mol. The summed E-state index contributed by atoms with van der Waals surface area (Å²) in [6.45, 7) is 10.4. The molecule has 19 heavy (non-hydrogen) atoms. The lowest BCUT2D eigenvalue weighted by Crippen LogP contribution is -2.18. The molecule has 0 atom stereocenters. The Morgan fingerprint density at radius 2 is 1.32 bits per heavy atom. The van der Waals surface area contributed by atoms with Gasteiger partial charge in [-0.1, -0.05) is 62.4 Å². The van der Waals surface area contributed by atoms with E-state index in [0.29, 0.717) is 5.75 Å². The highest BCUT2D eigenvalue weighted by Crippen LogP contribution is 2.32. The monoisotopic (exact) mass is 252 g/mol. The molecule has 0 fully saturated rings. The third-order valence-electron chi connectivity index (χ3n) is 3.69. The standard InChI is InChI=1S/C18H20O/c1-13(2)14-5-7-15(8-6-14)18(3,4)16-9-11-17(19)12-10-16/h5-12,19H,1H2,2-4H3. The van der Waals surface area contributed by atoms with E-state index >= 15 is 0 Å². The topological polar surface area (TPSA) is 20.2 Å². The van der Waals surface area contributed by atoms with Gasteiger partial charge in [-0.3, -0.25) is 0 Å². The fraction of sp³-hybridized carbons (Fsp3) is 0.222. The van der Waals surface area contributed by atoms with Gasteiger partial charge in [0.15, 0.2) is 0 Å². The third kappa shape index (κ3) is 2.70. The lowest BCUT2D eigenvalue weighted by atomic mass is 9.78. The minimum absolute atomic E-state index is 0.0820. The molecule has 2 rings (SSSR count). The van der Waals surface area contributed by atoms with Crippen molar-refractivity contribution in [1.29, 1.82) is 0 Å². The number of rotatable bonds is 3. The van der Waals surface area contributed by atoms with Crippen LogP contribution in [0.1, 0.15) is 37.5 Å². The number of hydrogen-bond donors (Lipinski definition) is 1. The number of hydrogen-bond acceptors (Lipinski definition) is 1. The smallest absolute Gasteiger partial charge is 0.115 e. The Morgan fingerprint density at radius 1 is 0.895 bits per heavy atom. The summed E-state index contributed by atoms with van der Waals surface area (Å²) in [6, 6.07) is 15.9. The highest BCUT2D eigenvalue weighted by Gasteiger charge is 2.22. The van der Waals surface area contributed by atoms with Gasteiger partial charge in [-0.05, 0) is 35.7 Å². The quantitative estimate of drug-likeness (QED) is 0.835. The fourth-order valence-electron chi connectivity index (χ4n) is 2.22. The maximum atomic E-state index is 9.38. The molecule has 0 amide bonds. The maximum Gasteiger partial charge on any atom is 0.115 e. The van der Waals surface area contributed by atoms with E-state index in [2.05, 4.69) is 44.7 Å². The first kappa shape index (κ1) is 13.4. The van der Waals surface area contributed by atoms with Crippen molar-refractivity contribution in [3.63, 3.8) is 0 Å². The van der Waals surface area contributed by atoms with E-state index in [1.807, 2.05) is 19.1 Å². The Labute approximate surface area is 115 Å². The van der Waals surface area contributed by atoms with Crippen LogP contribution < -0.4 is 0 Å². The third-order valence-corrected chi connectivity index (χ3v) is 3.69. The molecule has 0 aliphatic carbocycles. The van der Waals surface area contributed by atoms with Crippen molar-refractivity contribution < 1.29 is 5.11 Å². The normalized spacial score (nSPS) is 11.3. The predicted octanol–water partition coefficient (Wildman–Crippen LogP) is 4.75. The van der Waals surface area contributed by atoms with E-state index in [9.17, 15) is 5.11 Å². The zero-order valence-electron chi connectivity index (χ0n) is 11.8. The van der Waals surface area contributed by atoms with Crippen molar-refractivity contribution in [2.75, 3.05) is 0 Å². The maximum absolute atomic E-state index is 9.38. The predicted molar refractivity (Wildman–Crippen MR) is 81.4 cm³/mol. The zero-order valence-corrected chi connectivity index (χ0v) is 11.8. The van der Waals surface area contributed by atoms with Gasteiger partial charge in [0.25, 0.3) is 0 Å². The molecule has 0 saturated carbocycles. The van der Waals surface area contributed by atoms with Crippen molar-refractivity contribution in [2.45, 2.75) is 26.2 Å². The van der Waals surface area contributed by atoms with Gasteiger partial charge in [-0.2, -0.15) is 0 Å². The SMILES string of the molecule is C=C(C)c1ccc(C(C)(C)c2ccc(O)cc2)cc1. The van der Waals surface area contributed by atoms with Crippen molar-refractivity contribution in [1.82, 2.24) is 0 Å². The van der Waals surface area contributed by atoms with Gasteiger partial charge in [0.2, 0.25) is 0 Å². The highest BCUT2D eigenvalue weighted by molar-refractivity contribution is 5.61. The molecule has 1 heteroatoms. The molecule has 1 nitrogen and oxygen atoms in total. The van der Waals surface area contributed by atoms with Gasteiger partial charge < -0.3 is 5.11 Å². The van der Waals surface area contributed by atoms with Gasteiger partial charge in [0.05, 0.1) is 0 Å². The highest BCUT2D eigenvalue weighted by atomic mass is 16.3. The van der Waals surface area contributed by atoms with E-state index in [-0.39, 0.29) is 5.41 Å². The van der Waals surface area contributed by atoms with Crippen LogP contribution >= 0.6 is 0 Å². The van der Waals surface area contributed by atoms with Crippen LogP contribution in [0.25, 0.3) is 5.57 Å². The molecule has 98 valence electrons. The summed E-state index contributed by atoms with van der Waals surface area (Å²) < 4.78 is 0. The molecule has 2 aromatic carbocycles. The molecule has 0 radical (unpaired) electrons. The molecule has 0 bridgehead atoms. The summed E-state index contributed by atoms with van der Waals surface area (Å²) in [4.78, 5) is 0. The first-order valence-corrected chi connectivity index (χ1v) is 6.47. The number of phenols is 1. The van der Waals surface area contributed by atoms with Crippen LogP contribution in [-0.2, 0) is 5.41 Å². The van der Waals surface area contributed by atoms with Gasteiger partial charge >= 0.3 is 0 Å². The van der Waals surface area contributed by atoms with Crippen LogP contribution in [0, 0.1) is 0 Å². The number of allylic oxidation sites excluding steroid dienone is 1. The fourth-order valence-corrected chi connectivity index (χ4v) is 2.22. The Balaban J connectivity index is 2.38. The summed E-state index contributed by atoms with van der Waals surface area (Å²) in [6.07, 6.45) is 0. The van der Waals surface area contributed by atoms with Crippen LogP contribution in [0.3, 0.4) is 0 Å². The van der Waals surface area contributed by atoms with E-state index in [0.717, 1.165) is 5.57 Å². The second-order valence-corrected chi connectivity index (χ2v) is 5.53. The number of benzene rings is 2. The largest absolute Gasteiger partial charge is 0.508 e. The zero-order chi connectivity index (χ0) is 14.0. The first-order valence-electron chi connectivity index (χ1n) is 6.47. The Bertz CT molecular complexity index is 574. The Kier molecular flexibility index (Phi) is 3.48. The molecular weight excluding hydrogens is 232 g/mol. The summed E-state index contributed by atoms with van der Waals surface area (Å²) in [7, 11) is 0. The van der Waals surface area contributed by atoms with Crippen molar-refractivity contribution in [3.05, 3.63) is 71.8 Å². The molecule has 0 aliphatic heterocycles. The molecule has 0 heterocycles. The minimum Gasteiger partial charge on any atom is -0.508 e. The number of phenolic OH excluding ortho intramolecular Hbond substituents is 1. The summed E-state index contributed by atoms with van der Waals surface area (Å²) in [5, 5.41) is 9.38. The van der Waals surface area contributed by atoms with Crippen LogP contribution in [0.5, 0.6) is 5.75 Å². The van der Waals surface area contributed by atoms with E-state index in [4.69, 9.17) is 0 Å². The van der Waals surface area contributed by atoms with Gasteiger partial charge in [0, 0.05) is 5.41 Å². The van der Waals surface area contributed by atoms with Gasteiger partial charge in [-0.15, -0.1) is 0 Å². The van der Waals surface area contributed by atoms with Crippen molar-refractivity contribution >= 4 is 5.57 Å². The molecule has 0 unspecified atom stereocenters. The molecule has 1 N–H and O–H groups in total. The van der Waals surface area contributed by atoms with Gasteiger partial charge in [0.1, 0.15) is 5.75 Å². The molecule has 0 spiro atoms. The average Bonchev–Trinajstić information content (AvgIpc) is 2.39. The molecular formula is C18H20O. The van der Waals surface area contributed by atoms with Crippen molar-refractivity contribution in [3.8, 4) is 5.75 Å². The molecule has 0 aliphatic rings. The van der Waals surface area contributed by atoms with E-state index < -0.39 is 0 Å². The lowest BCUT2D eigenvalue weighted by molar-refractivity contribution is 0.474.